The predicted octanol–water partition coefficient (Wildman–Crippen LogP) is 4.98. The number of anilines is 1. The van der Waals surface area contributed by atoms with E-state index in [1.54, 1.807) is 6.07 Å². The van der Waals surface area contributed by atoms with Crippen molar-refractivity contribution in [3.63, 3.8) is 0 Å². The van der Waals surface area contributed by atoms with E-state index in [-0.39, 0.29) is 5.75 Å². The van der Waals surface area contributed by atoms with Gasteiger partial charge in [-0.3, -0.25) is 0 Å². The van der Waals surface area contributed by atoms with Gasteiger partial charge in [0.25, 0.3) is 0 Å². The first kappa shape index (κ1) is 13.4. The van der Waals surface area contributed by atoms with Crippen LogP contribution in [0, 0.1) is 11.6 Å². The number of rotatable bonds is 3. The second kappa shape index (κ2) is 5.05. The largest absolute Gasteiger partial charge is 0.453 e. The molecular weight excluding hydrogens is 328 g/mol. The van der Waals surface area contributed by atoms with E-state index < -0.39 is 11.6 Å². The monoisotopic (exact) mass is 339 g/mol. The smallest absolute Gasteiger partial charge is 0.168 e. The molecule has 2 aromatic carbocycles. The molecule has 3 rings (SSSR count). The van der Waals surface area contributed by atoms with E-state index in [4.69, 9.17) is 10.5 Å². The standard InChI is InChI=1S/C15H12BrF2NO/c16-12-7-10(19)6-11(8-1-2-8)15(12)20-14-4-3-9(17)5-13(14)18/h3-8H,1-2,19H2. The molecule has 104 valence electrons. The number of benzene rings is 2. The van der Waals surface area contributed by atoms with Crippen molar-refractivity contribution < 1.29 is 13.5 Å². The van der Waals surface area contributed by atoms with E-state index in [9.17, 15) is 8.78 Å². The van der Waals surface area contributed by atoms with Crippen LogP contribution in [0.2, 0.25) is 0 Å². The summed E-state index contributed by atoms with van der Waals surface area (Å²) in [5.41, 5.74) is 7.42. The minimum Gasteiger partial charge on any atom is -0.453 e. The molecule has 0 aromatic heterocycles. The fraction of sp³-hybridized carbons (Fsp3) is 0.200. The fourth-order valence-corrected chi connectivity index (χ4v) is 2.68. The van der Waals surface area contributed by atoms with Crippen molar-refractivity contribution in [1.29, 1.82) is 0 Å². The topological polar surface area (TPSA) is 35.2 Å². The van der Waals surface area contributed by atoms with Crippen molar-refractivity contribution in [2.45, 2.75) is 18.8 Å². The highest BCUT2D eigenvalue weighted by atomic mass is 79.9. The molecule has 0 saturated heterocycles. The van der Waals surface area contributed by atoms with Crippen molar-refractivity contribution in [1.82, 2.24) is 0 Å². The lowest BCUT2D eigenvalue weighted by Gasteiger charge is -2.14. The maximum atomic E-state index is 13.7. The maximum absolute atomic E-state index is 13.7. The SMILES string of the molecule is Nc1cc(Br)c(Oc2ccc(F)cc2F)c(C2CC2)c1. The van der Waals surface area contributed by atoms with Crippen LogP contribution in [0.3, 0.4) is 0 Å². The van der Waals surface area contributed by atoms with Gasteiger partial charge in [0.1, 0.15) is 11.6 Å². The Balaban J connectivity index is 2.01. The highest BCUT2D eigenvalue weighted by Crippen LogP contribution is 2.48. The number of ether oxygens (including phenoxy) is 1. The summed E-state index contributed by atoms with van der Waals surface area (Å²) in [6.07, 6.45) is 2.14. The Bertz CT molecular complexity index is 671. The van der Waals surface area contributed by atoms with Gasteiger partial charge in [-0.05, 0) is 59.0 Å². The van der Waals surface area contributed by atoms with Crippen LogP contribution in [0.5, 0.6) is 11.5 Å². The molecule has 0 unspecified atom stereocenters. The Morgan fingerprint density at radius 3 is 2.55 bits per heavy atom. The Kier molecular flexibility index (Phi) is 3.38. The van der Waals surface area contributed by atoms with E-state index in [1.165, 1.54) is 12.1 Å². The van der Waals surface area contributed by atoms with Crippen LogP contribution in [0.25, 0.3) is 0 Å². The van der Waals surface area contributed by atoms with Crippen molar-refractivity contribution in [2.75, 3.05) is 5.73 Å². The molecule has 0 amide bonds. The Morgan fingerprint density at radius 2 is 1.90 bits per heavy atom. The molecule has 1 fully saturated rings. The molecule has 5 heteroatoms. The number of halogens is 3. The van der Waals surface area contributed by atoms with Crippen molar-refractivity contribution >= 4 is 21.6 Å². The van der Waals surface area contributed by atoms with Crippen molar-refractivity contribution in [2.24, 2.45) is 0 Å². The van der Waals surface area contributed by atoms with Crippen LogP contribution >= 0.6 is 15.9 Å². The van der Waals surface area contributed by atoms with Gasteiger partial charge in [0.15, 0.2) is 11.6 Å². The number of nitrogen functional groups attached to an aromatic ring is 1. The Morgan fingerprint density at radius 1 is 1.15 bits per heavy atom. The third-order valence-electron chi connectivity index (χ3n) is 3.22. The molecule has 2 nitrogen and oxygen atoms in total. The molecule has 0 radical (unpaired) electrons. The first-order valence-electron chi connectivity index (χ1n) is 6.26. The van der Waals surface area contributed by atoms with Gasteiger partial charge in [-0.25, -0.2) is 8.78 Å². The number of hydrogen-bond acceptors (Lipinski definition) is 2. The van der Waals surface area contributed by atoms with Crippen LogP contribution in [0.1, 0.15) is 24.3 Å². The van der Waals surface area contributed by atoms with E-state index >= 15 is 0 Å². The maximum Gasteiger partial charge on any atom is 0.168 e. The summed E-state index contributed by atoms with van der Waals surface area (Å²) in [4.78, 5) is 0. The highest BCUT2D eigenvalue weighted by Gasteiger charge is 2.29. The molecular formula is C15H12BrF2NO. The fourth-order valence-electron chi connectivity index (χ4n) is 2.11. The second-order valence-electron chi connectivity index (χ2n) is 4.87. The quantitative estimate of drug-likeness (QED) is 0.800. The lowest BCUT2D eigenvalue weighted by atomic mass is 10.1. The number of nitrogens with two attached hydrogens (primary N) is 1. The van der Waals surface area contributed by atoms with Crippen LogP contribution in [0.4, 0.5) is 14.5 Å². The zero-order valence-corrected chi connectivity index (χ0v) is 12.1. The zero-order chi connectivity index (χ0) is 14.3. The molecule has 1 aliphatic rings. The van der Waals surface area contributed by atoms with Crippen molar-refractivity contribution in [3.8, 4) is 11.5 Å². The van der Waals surface area contributed by atoms with E-state index in [2.05, 4.69) is 15.9 Å². The molecule has 1 aliphatic carbocycles. The Labute approximate surface area is 123 Å². The average Bonchev–Trinajstić information content (AvgIpc) is 3.19. The van der Waals surface area contributed by atoms with Gasteiger partial charge in [0.2, 0.25) is 0 Å². The lowest BCUT2D eigenvalue weighted by Crippen LogP contribution is -1.96. The van der Waals surface area contributed by atoms with Gasteiger partial charge in [0.05, 0.1) is 4.47 Å². The molecule has 0 bridgehead atoms. The van der Waals surface area contributed by atoms with E-state index in [0.717, 1.165) is 24.5 Å². The van der Waals surface area contributed by atoms with Crippen LogP contribution in [-0.4, -0.2) is 0 Å². The normalized spacial score (nSPS) is 14.3. The van der Waals surface area contributed by atoms with Gasteiger partial charge >= 0.3 is 0 Å². The lowest BCUT2D eigenvalue weighted by molar-refractivity contribution is 0.431. The van der Waals surface area contributed by atoms with Gasteiger partial charge in [-0.1, -0.05) is 0 Å². The van der Waals surface area contributed by atoms with Crippen LogP contribution in [0.15, 0.2) is 34.8 Å². The number of hydrogen-bond donors (Lipinski definition) is 1. The predicted molar refractivity (Wildman–Crippen MR) is 77.0 cm³/mol. The summed E-state index contributed by atoms with van der Waals surface area (Å²) < 4.78 is 32.9. The highest BCUT2D eigenvalue weighted by molar-refractivity contribution is 9.10. The molecule has 2 aromatic rings. The zero-order valence-electron chi connectivity index (χ0n) is 10.5. The van der Waals surface area contributed by atoms with Gasteiger partial charge < -0.3 is 10.5 Å². The molecule has 0 atom stereocenters. The molecule has 20 heavy (non-hydrogen) atoms. The summed E-state index contributed by atoms with van der Waals surface area (Å²) >= 11 is 3.39. The molecule has 1 saturated carbocycles. The van der Waals surface area contributed by atoms with Crippen molar-refractivity contribution in [3.05, 3.63) is 52.0 Å². The van der Waals surface area contributed by atoms with Gasteiger partial charge in [0, 0.05) is 17.3 Å². The molecule has 0 heterocycles. The minimum absolute atomic E-state index is 0.00114. The molecule has 2 N–H and O–H groups in total. The first-order chi connectivity index (χ1) is 9.54. The Hall–Kier alpha value is -1.62. The molecule has 0 aliphatic heterocycles. The van der Waals surface area contributed by atoms with E-state index in [0.29, 0.717) is 21.8 Å². The second-order valence-corrected chi connectivity index (χ2v) is 5.73. The summed E-state index contributed by atoms with van der Waals surface area (Å²) in [6, 6.07) is 6.81. The minimum atomic E-state index is -0.726. The van der Waals surface area contributed by atoms with Crippen LogP contribution in [-0.2, 0) is 0 Å². The van der Waals surface area contributed by atoms with Gasteiger partial charge in [-0.2, -0.15) is 0 Å². The van der Waals surface area contributed by atoms with Gasteiger partial charge in [-0.15, -0.1) is 0 Å². The summed E-state index contributed by atoms with van der Waals surface area (Å²) in [5, 5.41) is 0. The average molecular weight is 340 g/mol. The third kappa shape index (κ3) is 2.63. The molecule has 0 spiro atoms. The van der Waals surface area contributed by atoms with E-state index in [1.807, 2.05) is 6.07 Å². The third-order valence-corrected chi connectivity index (χ3v) is 3.81. The van der Waals surface area contributed by atoms with Crippen LogP contribution < -0.4 is 10.5 Å². The first-order valence-corrected chi connectivity index (χ1v) is 7.05. The summed E-state index contributed by atoms with van der Waals surface area (Å²) in [6.45, 7) is 0. The summed E-state index contributed by atoms with van der Waals surface area (Å²) in [7, 11) is 0. The summed E-state index contributed by atoms with van der Waals surface area (Å²) in [5.74, 6) is -0.414.